The second kappa shape index (κ2) is 11.3. The number of nitrogens with two attached hydrogens (primary N) is 1. The molecule has 1 aliphatic carbocycles. The second-order valence-electron chi connectivity index (χ2n) is 7.27. The molecular formula is C20H34N4O2S. The van der Waals surface area contributed by atoms with Crippen LogP contribution in [-0.2, 0) is 16.4 Å². The average molecular weight is 395 g/mol. The zero-order chi connectivity index (χ0) is 19.5. The molecule has 0 spiro atoms. The van der Waals surface area contributed by atoms with Crippen LogP contribution in [0, 0.1) is 5.92 Å². The molecule has 0 saturated heterocycles. The molecule has 0 unspecified atom stereocenters. The molecule has 0 aromatic heterocycles. The highest BCUT2D eigenvalue weighted by atomic mass is 32.2. The first-order valence-corrected chi connectivity index (χ1v) is 11.7. The van der Waals surface area contributed by atoms with Crippen LogP contribution in [0.5, 0.6) is 0 Å². The third-order valence-electron chi connectivity index (χ3n) is 5.07. The number of hydrogen-bond donors (Lipinski definition) is 3. The largest absolute Gasteiger partial charge is 0.357 e. The van der Waals surface area contributed by atoms with E-state index >= 15 is 0 Å². The number of benzene rings is 1. The van der Waals surface area contributed by atoms with Gasteiger partial charge in [-0.05, 0) is 43.4 Å². The van der Waals surface area contributed by atoms with Gasteiger partial charge in [0.05, 0.1) is 4.90 Å². The van der Waals surface area contributed by atoms with E-state index in [9.17, 15) is 8.42 Å². The Morgan fingerprint density at radius 1 is 1.15 bits per heavy atom. The summed E-state index contributed by atoms with van der Waals surface area (Å²) in [4.78, 5) is 4.80. The number of primary sulfonamides is 1. The summed E-state index contributed by atoms with van der Waals surface area (Å²) in [5, 5.41) is 11.7. The highest BCUT2D eigenvalue weighted by molar-refractivity contribution is 7.89. The van der Waals surface area contributed by atoms with Gasteiger partial charge in [-0.3, -0.25) is 4.99 Å². The van der Waals surface area contributed by atoms with E-state index in [1.54, 1.807) is 24.3 Å². The first kappa shape index (κ1) is 21.7. The summed E-state index contributed by atoms with van der Waals surface area (Å²) in [6.07, 6.45) is 10.2. The maximum atomic E-state index is 11.3. The molecule has 0 amide bonds. The normalized spacial score (nSPS) is 15.9. The van der Waals surface area contributed by atoms with Crippen LogP contribution in [0.25, 0.3) is 0 Å². The van der Waals surface area contributed by atoms with Gasteiger partial charge in [0.1, 0.15) is 0 Å². The van der Waals surface area contributed by atoms with Crippen molar-refractivity contribution >= 4 is 16.0 Å². The minimum absolute atomic E-state index is 0.145. The molecule has 1 aromatic carbocycles. The number of sulfonamides is 1. The molecule has 0 aliphatic heterocycles. The molecule has 4 N–H and O–H groups in total. The fourth-order valence-electron chi connectivity index (χ4n) is 3.55. The van der Waals surface area contributed by atoms with E-state index in [1.165, 1.54) is 38.5 Å². The minimum atomic E-state index is -3.63. The molecule has 0 bridgehead atoms. The van der Waals surface area contributed by atoms with E-state index in [0.717, 1.165) is 49.9 Å². The molecule has 1 aromatic rings. The van der Waals surface area contributed by atoms with Gasteiger partial charge >= 0.3 is 0 Å². The summed E-state index contributed by atoms with van der Waals surface area (Å²) in [6.45, 7) is 4.48. The second-order valence-corrected chi connectivity index (χ2v) is 8.83. The van der Waals surface area contributed by atoms with Crippen molar-refractivity contribution in [3.05, 3.63) is 29.8 Å². The molecule has 0 heterocycles. The van der Waals surface area contributed by atoms with E-state index in [1.807, 2.05) is 0 Å². The van der Waals surface area contributed by atoms with Crippen molar-refractivity contribution in [3.8, 4) is 0 Å². The highest BCUT2D eigenvalue weighted by Crippen LogP contribution is 2.28. The Balaban J connectivity index is 1.69. The Morgan fingerprint density at radius 2 is 1.85 bits per heavy atom. The van der Waals surface area contributed by atoms with Gasteiger partial charge in [0, 0.05) is 19.6 Å². The van der Waals surface area contributed by atoms with Crippen LogP contribution in [0.15, 0.2) is 34.2 Å². The zero-order valence-electron chi connectivity index (χ0n) is 16.4. The summed E-state index contributed by atoms with van der Waals surface area (Å²) in [7, 11) is -3.63. The Labute approximate surface area is 164 Å². The summed E-state index contributed by atoms with van der Waals surface area (Å²) < 4.78 is 22.6. The summed E-state index contributed by atoms with van der Waals surface area (Å²) >= 11 is 0. The van der Waals surface area contributed by atoms with Crippen LogP contribution in [-0.4, -0.2) is 34.0 Å². The quantitative estimate of drug-likeness (QED) is 0.323. The van der Waals surface area contributed by atoms with Gasteiger partial charge in [0.2, 0.25) is 10.0 Å². The molecule has 27 heavy (non-hydrogen) atoms. The predicted octanol–water partition coefficient (Wildman–Crippen LogP) is 2.79. The Kier molecular flexibility index (Phi) is 9.07. The Hall–Kier alpha value is -1.60. The van der Waals surface area contributed by atoms with Crippen LogP contribution in [0.3, 0.4) is 0 Å². The van der Waals surface area contributed by atoms with Crippen molar-refractivity contribution in [1.82, 2.24) is 10.6 Å². The maximum Gasteiger partial charge on any atom is 0.238 e. The van der Waals surface area contributed by atoms with Crippen LogP contribution in [0.2, 0.25) is 0 Å². The Morgan fingerprint density at radius 3 is 2.48 bits per heavy atom. The molecule has 1 aliphatic rings. The van der Waals surface area contributed by atoms with Crippen LogP contribution < -0.4 is 15.8 Å². The number of hydrogen-bond acceptors (Lipinski definition) is 3. The lowest BCUT2D eigenvalue weighted by molar-refractivity contribution is 0.475. The Bertz CT molecular complexity index is 680. The monoisotopic (exact) mass is 394 g/mol. The number of nitrogens with one attached hydrogen (secondary N) is 2. The number of rotatable bonds is 10. The van der Waals surface area contributed by atoms with Crippen molar-refractivity contribution in [2.24, 2.45) is 16.0 Å². The third kappa shape index (κ3) is 8.30. The van der Waals surface area contributed by atoms with Crippen molar-refractivity contribution in [3.63, 3.8) is 0 Å². The molecule has 152 valence electrons. The molecule has 2 rings (SSSR count). The smallest absolute Gasteiger partial charge is 0.238 e. The lowest BCUT2D eigenvalue weighted by Crippen LogP contribution is -2.38. The summed E-state index contributed by atoms with van der Waals surface area (Å²) in [5.74, 6) is 1.81. The maximum absolute atomic E-state index is 11.3. The third-order valence-corrected chi connectivity index (χ3v) is 6.00. The first-order chi connectivity index (χ1) is 13.0. The van der Waals surface area contributed by atoms with Crippen LogP contribution in [0.4, 0.5) is 0 Å². The van der Waals surface area contributed by atoms with Gasteiger partial charge in [-0.2, -0.15) is 0 Å². The fraction of sp³-hybridized carbons (Fsp3) is 0.650. The van der Waals surface area contributed by atoms with Gasteiger partial charge < -0.3 is 10.6 Å². The standard InChI is InChI=1S/C20H34N4O2S/c1-2-22-20(23-15-6-5-9-17-7-3-4-8-17)24-16-14-18-10-12-19(13-11-18)27(21,25)26/h10-13,17H,2-9,14-16H2,1H3,(H2,21,25,26)(H2,22,23,24). The average Bonchev–Trinajstić information content (AvgIpc) is 3.14. The summed E-state index contributed by atoms with van der Waals surface area (Å²) in [5.41, 5.74) is 1.06. The van der Waals surface area contributed by atoms with Gasteiger partial charge in [-0.25, -0.2) is 13.6 Å². The lowest BCUT2D eigenvalue weighted by atomic mass is 10.0. The molecule has 1 saturated carbocycles. The SMILES string of the molecule is CCNC(=NCCCCC1CCCC1)NCCc1ccc(S(N)(=O)=O)cc1. The number of aliphatic imine (C=N–C) groups is 1. The molecule has 7 heteroatoms. The van der Waals surface area contributed by atoms with Crippen molar-refractivity contribution in [2.45, 2.75) is 63.2 Å². The van der Waals surface area contributed by atoms with E-state index < -0.39 is 10.0 Å². The van der Waals surface area contributed by atoms with Crippen molar-refractivity contribution in [2.75, 3.05) is 19.6 Å². The number of nitrogens with zero attached hydrogens (tertiary/aromatic N) is 1. The van der Waals surface area contributed by atoms with Gasteiger partial charge in [0.15, 0.2) is 5.96 Å². The molecule has 0 atom stereocenters. The van der Waals surface area contributed by atoms with Gasteiger partial charge in [0.25, 0.3) is 0 Å². The molecule has 1 fully saturated rings. The van der Waals surface area contributed by atoms with E-state index in [0.29, 0.717) is 0 Å². The number of unbranched alkanes of at least 4 members (excludes halogenated alkanes) is 1. The number of guanidine groups is 1. The van der Waals surface area contributed by atoms with Gasteiger partial charge in [-0.1, -0.05) is 50.7 Å². The predicted molar refractivity (Wildman–Crippen MR) is 111 cm³/mol. The van der Waals surface area contributed by atoms with E-state index in [4.69, 9.17) is 5.14 Å². The fourth-order valence-corrected chi connectivity index (χ4v) is 4.06. The van der Waals surface area contributed by atoms with Crippen LogP contribution in [0.1, 0.15) is 57.4 Å². The topological polar surface area (TPSA) is 96.6 Å². The van der Waals surface area contributed by atoms with E-state index in [-0.39, 0.29) is 4.90 Å². The van der Waals surface area contributed by atoms with Gasteiger partial charge in [-0.15, -0.1) is 0 Å². The van der Waals surface area contributed by atoms with Crippen molar-refractivity contribution < 1.29 is 8.42 Å². The highest BCUT2D eigenvalue weighted by Gasteiger charge is 2.13. The zero-order valence-corrected chi connectivity index (χ0v) is 17.2. The summed E-state index contributed by atoms with van der Waals surface area (Å²) in [6, 6.07) is 6.70. The molecule has 6 nitrogen and oxygen atoms in total. The molecule has 0 radical (unpaired) electrons. The van der Waals surface area contributed by atoms with E-state index in [2.05, 4.69) is 22.5 Å². The molecular weight excluding hydrogens is 360 g/mol. The van der Waals surface area contributed by atoms with Crippen LogP contribution >= 0.6 is 0 Å². The first-order valence-electron chi connectivity index (χ1n) is 10.1. The lowest BCUT2D eigenvalue weighted by Gasteiger charge is -2.12. The van der Waals surface area contributed by atoms with Crippen molar-refractivity contribution in [1.29, 1.82) is 0 Å². The minimum Gasteiger partial charge on any atom is -0.357 e.